The minimum atomic E-state index is 0.166. The smallest absolute Gasteiger partial charge is 0.135 e. The van der Waals surface area contributed by atoms with Gasteiger partial charge in [0.25, 0.3) is 0 Å². The van der Waals surface area contributed by atoms with Crippen molar-refractivity contribution >= 4 is 28.4 Å². The predicted octanol–water partition coefficient (Wildman–Crippen LogP) is 3.45. The summed E-state index contributed by atoms with van der Waals surface area (Å²) in [6.45, 7) is 3.91. The van der Waals surface area contributed by atoms with Gasteiger partial charge in [0.05, 0.1) is 0 Å². The van der Waals surface area contributed by atoms with E-state index in [1.807, 2.05) is 13.8 Å². The minimum absolute atomic E-state index is 0.166. The largest absolute Gasteiger partial charge is 0.299 e. The molecular weight excluding hydrogens is 287 g/mol. The molecule has 0 bridgehead atoms. The van der Waals surface area contributed by atoms with Gasteiger partial charge >= 0.3 is 0 Å². The van der Waals surface area contributed by atoms with Crippen molar-refractivity contribution in [2.24, 2.45) is 5.92 Å². The lowest BCUT2D eigenvalue weighted by molar-refractivity contribution is -0.121. The van der Waals surface area contributed by atoms with Crippen molar-refractivity contribution in [2.75, 3.05) is 0 Å². The van der Waals surface area contributed by atoms with E-state index in [4.69, 9.17) is 0 Å². The van der Waals surface area contributed by atoms with E-state index in [0.29, 0.717) is 12.2 Å². The zero-order chi connectivity index (χ0) is 10.6. The van der Waals surface area contributed by atoms with Crippen LogP contribution in [0.4, 0.5) is 0 Å². The zero-order valence-electron chi connectivity index (χ0n) is 8.59. The van der Waals surface area contributed by atoms with Gasteiger partial charge in [-0.1, -0.05) is 26.0 Å². The molecule has 14 heavy (non-hydrogen) atoms. The van der Waals surface area contributed by atoms with Gasteiger partial charge < -0.3 is 0 Å². The van der Waals surface area contributed by atoms with Crippen molar-refractivity contribution in [2.45, 2.75) is 26.7 Å². The number of rotatable bonds is 4. The summed E-state index contributed by atoms with van der Waals surface area (Å²) in [4.78, 5) is 11.4. The summed E-state index contributed by atoms with van der Waals surface area (Å²) in [5.41, 5.74) is 1.25. The second kappa shape index (κ2) is 5.49. The third-order valence-corrected chi connectivity index (χ3v) is 2.94. The maximum absolute atomic E-state index is 11.4. The summed E-state index contributed by atoms with van der Waals surface area (Å²) in [7, 11) is 0. The molecular formula is C12H15IO. The van der Waals surface area contributed by atoms with Crippen molar-refractivity contribution in [3.8, 4) is 0 Å². The van der Waals surface area contributed by atoms with Gasteiger partial charge in [-0.2, -0.15) is 0 Å². The molecule has 0 unspecified atom stereocenters. The van der Waals surface area contributed by atoms with Gasteiger partial charge in [-0.15, -0.1) is 0 Å². The topological polar surface area (TPSA) is 17.1 Å². The number of hydrogen-bond donors (Lipinski definition) is 0. The Morgan fingerprint density at radius 1 is 1.29 bits per heavy atom. The van der Waals surface area contributed by atoms with Gasteiger partial charge in [0.2, 0.25) is 0 Å². The summed E-state index contributed by atoms with van der Waals surface area (Å²) in [5, 5.41) is 0. The van der Waals surface area contributed by atoms with Crippen LogP contribution in [0.15, 0.2) is 24.3 Å². The van der Waals surface area contributed by atoms with E-state index in [0.717, 1.165) is 6.42 Å². The number of benzene rings is 1. The Kier molecular flexibility index (Phi) is 4.58. The lowest BCUT2D eigenvalue weighted by Gasteiger charge is -2.04. The van der Waals surface area contributed by atoms with E-state index in [9.17, 15) is 4.79 Å². The van der Waals surface area contributed by atoms with Crippen LogP contribution >= 0.6 is 22.6 Å². The number of carbonyl (C=O) groups excluding carboxylic acids is 1. The second-order valence-electron chi connectivity index (χ2n) is 3.75. The van der Waals surface area contributed by atoms with Crippen LogP contribution in [0, 0.1) is 9.49 Å². The summed E-state index contributed by atoms with van der Waals surface area (Å²) < 4.78 is 1.24. The van der Waals surface area contributed by atoms with Gasteiger partial charge in [0.1, 0.15) is 5.78 Å². The van der Waals surface area contributed by atoms with E-state index in [1.165, 1.54) is 9.13 Å². The summed E-state index contributed by atoms with van der Waals surface area (Å²) in [6, 6.07) is 8.34. The van der Waals surface area contributed by atoms with Crippen LogP contribution in [0.3, 0.4) is 0 Å². The van der Waals surface area contributed by atoms with Crippen molar-refractivity contribution in [1.82, 2.24) is 0 Å². The maximum atomic E-state index is 11.4. The molecule has 0 amide bonds. The molecule has 76 valence electrons. The number of carbonyl (C=O) groups is 1. The van der Waals surface area contributed by atoms with Crippen LogP contribution in [-0.2, 0) is 11.2 Å². The Morgan fingerprint density at radius 2 is 1.86 bits per heavy atom. The van der Waals surface area contributed by atoms with Crippen LogP contribution < -0.4 is 0 Å². The lowest BCUT2D eigenvalue weighted by atomic mass is 10.0. The predicted molar refractivity (Wildman–Crippen MR) is 67.3 cm³/mol. The molecule has 0 aliphatic carbocycles. The quantitative estimate of drug-likeness (QED) is 0.779. The van der Waals surface area contributed by atoms with Gasteiger partial charge in [0.15, 0.2) is 0 Å². The van der Waals surface area contributed by atoms with Gasteiger partial charge in [-0.05, 0) is 46.7 Å². The fourth-order valence-electron chi connectivity index (χ4n) is 1.21. The molecule has 0 saturated carbocycles. The minimum Gasteiger partial charge on any atom is -0.299 e. The molecule has 0 fully saturated rings. The van der Waals surface area contributed by atoms with Crippen LogP contribution in [0.5, 0.6) is 0 Å². The molecule has 2 heteroatoms. The lowest BCUT2D eigenvalue weighted by Crippen LogP contribution is -2.07. The summed E-state index contributed by atoms with van der Waals surface area (Å²) >= 11 is 2.28. The third-order valence-electron chi connectivity index (χ3n) is 2.22. The number of halogens is 1. The Labute approximate surface area is 99.0 Å². The third kappa shape index (κ3) is 3.78. The first-order chi connectivity index (χ1) is 6.59. The maximum Gasteiger partial charge on any atom is 0.135 e. The first-order valence-electron chi connectivity index (χ1n) is 4.86. The highest BCUT2D eigenvalue weighted by atomic mass is 127. The first kappa shape index (κ1) is 11.7. The molecule has 1 rings (SSSR count). The average molecular weight is 302 g/mol. The normalized spacial score (nSPS) is 10.6. The zero-order valence-corrected chi connectivity index (χ0v) is 10.7. The van der Waals surface area contributed by atoms with Gasteiger partial charge in [-0.3, -0.25) is 4.79 Å². The van der Waals surface area contributed by atoms with Crippen molar-refractivity contribution < 1.29 is 4.79 Å². The molecule has 0 N–H and O–H groups in total. The number of hydrogen-bond acceptors (Lipinski definition) is 1. The van der Waals surface area contributed by atoms with E-state index in [1.54, 1.807) is 0 Å². The molecule has 0 heterocycles. The Bertz CT molecular complexity index is 301. The highest BCUT2D eigenvalue weighted by Crippen LogP contribution is 2.10. The highest BCUT2D eigenvalue weighted by Gasteiger charge is 2.06. The molecule has 0 radical (unpaired) electrons. The molecule has 0 aliphatic heterocycles. The monoisotopic (exact) mass is 302 g/mol. The van der Waals surface area contributed by atoms with E-state index in [-0.39, 0.29) is 5.92 Å². The van der Waals surface area contributed by atoms with Crippen LogP contribution in [0.1, 0.15) is 25.8 Å². The fourth-order valence-corrected chi connectivity index (χ4v) is 1.57. The molecule has 0 atom stereocenters. The molecule has 0 aliphatic rings. The van der Waals surface area contributed by atoms with Crippen molar-refractivity contribution in [1.29, 1.82) is 0 Å². The molecule has 1 aromatic rings. The molecule has 1 nitrogen and oxygen atoms in total. The van der Waals surface area contributed by atoms with Crippen LogP contribution in [0.2, 0.25) is 0 Å². The van der Waals surface area contributed by atoms with Crippen molar-refractivity contribution in [3.05, 3.63) is 33.4 Å². The highest BCUT2D eigenvalue weighted by molar-refractivity contribution is 14.1. The molecule has 1 aromatic carbocycles. The molecule has 0 saturated heterocycles. The summed E-state index contributed by atoms with van der Waals surface area (Å²) in [6.07, 6.45) is 1.53. The van der Waals surface area contributed by atoms with Gasteiger partial charge in [-0.25, -0.2) is 0 Å². The number of aryl methyl sites for hydroxylation is 1. The number of Topliss-reactive ketones (excluding diaryl/α,β-unsaturated/α-hetero) is 1. The molecule has 0 aromatic heterocycles. The fraction of sp³-hybridized carbons (Fsp3) is 0.417. The van der Waals surface area contributed by atoms with E-state index in [2.05, 4.69) is 46.9 Å². The Balaban J connectivity index is 2.46. The summed E-state index contributed by atoms with van der Waals surface area (Å²) in [5.74, 6) is 0.516. The van der Waals surface area contributed by atoms with E-state index >= 15 is 0 Å². The number of ketones is 1. The van der Waals surface area contributed by atoms with Gasteiger partial charge in [0, 0.05) is 15.9 Å². The standard InChI is InChI=1S/C12H15IO/c1-9(2)12(14)8-5-10-3-6-11(13)7-4-10/h3-4,6-7,9H,5,8H2,1-2H3. The Hall–Kier alpha value is -0.380. The van der Waals surface area contributed by atoms with Crippen LogP contribution in [0.25, 0.3) is 0 Å². The average Bonchev–Trinajstić information content (AvgIpc) is 2.16. The SMILES string of the molecule is CC(C)C(=O)CCc1ccc(I)cc1. The first-order valence-corrected chi connectivity index (χ1v) is 5.94. The second-order valence-corrected chi connectivity index (χ2v) is 4.99. The van der Waals surface area contributed by atoms with Crippen molar-refractivity contribution in [3.63, 3.8) is 0 Å². The van der Waals surface area contributed by atoms with E-state index < -0.39 is 0 Å². The molecule has 0 spiro atoms. The van der Waals surface area contributed by atoms with Crippen LogP contribution in [-0.4, -0.2) is 5.78 Å². The Morgan fingerprint density at radius 3 is 2.36 bits per heavy atom.